The van der Waals surface area contributed by atoms with Crippen LogP contribution in [-0.2, 0) is 6.54 Å². The summed E-state index contributed by atoms with van der Waals surface area (Å²) in [4.78, 5) is 11.5. The Bertz CT molecular complexity index is 812. The molecule has 1 heterocycles. The predicted octanol–water partition coefficient (Wildman–Crippen LogP) is 3.03. The van der Waals surface area contributed by atoms with Crippen molar-refractivity contribution in [3.8, 4) is 22.6 Å². The summed E-state index contributed by atoms with van der Waals surface area (Å²) in [6.45, 7) is 0.444. The van der Waals surface area contributed by atoms with Crippen LogP contribution in [0.2, 0.25) is 0 Å². The summed E-state index contributed by atoms with van der Waals surface area (Å²) >= 11 is 0. The number of carboxylic acid groups (broad SMARTS) is 1. The fourth-order valence-corrected chi connectivity index (χ4v) is 2.19. The number of hydrogen-bond acceptors (Lipinski definition) is 4. The third-order valence-corrected chi connectivity index (χ3v) is 3.43. The van der Waals surface area contributed by atoms with E-state index in [1.165, 1.54) is 0 Å². The Morgan fingerprint density at radius 2 is 1.96 bits per heavy atom. The molecule has 0 aliphatic heterocycles. The minimum Gasteiger partial charge on any atom is -0.478 e. The summed E-state index contributed by atoms with van der Waals surface area (Å²) in [5.74, 6) is -0.213. The van der Waals surface area contributed by atoms with Gasteiger partial charge in [-0.3, -0.25) is 5.10 Å². The average molecular weight is 309 g/mol. The molecule has 116 valence electrons. The zero-order chi connectivity index (χ0) is 16.2. The minimum absolute atomic E-state index is 0.0894. The number of nitrogens with zero attached hydrogens (tertiary/aromatic N) is 1. The number of aromatic carboxylic acids is 1. The van der Waals surface area contributed by atoms with Gasteiger partial charge in [0, 0.05) is 18.3 Å². The fraction of sp³-hybridized carbons (Fsp3) is 0.0588. The molecule has 3 aromatic rings. The van der Waals surface area contributed by atoms with Crippen LogP contribution in [0.5, 0.6) is 11.5 Å². The molecule has 0 amide bonds. The topological polar surface area (TPSA) is 101 Å². The first-order valence-corrected chi connectivity index (χ1v) is 7.01. The number of carbonyl (C=O) groups is 1. The number of carboxylic acids is 1. The van der Waals surface area contributed by atoms with Gasteiger partial charge in [0.15, 0.2) is 0 Å². The number of aromatic amines is 1. The average Bonchev–Trinajstić information content (AvgIpc) is 3.10. The maximum Gasteiger partial charge on any atom is 0.339 e. The number of nitrogens with one attached hydrogen (secondary N) is 1. The van der Waals surface area contributed by atoms with Gasteiger partial charge in [0.1, 0.15) is 17.1 Å². The lowest BCUT2D eigenvalue weighted by molar-refractivity contribution is 0.0694. The summed E-state index contributed by atoms with van der Waals surface area (Å²) in [6.07, 6.45) is 3.33. The van der Waals surface area contributed by atoms with Crippen molar-refractivity contribution < 1.29 is 14.6 Å². The number of benzene rings is 2. The van der Waals surface area contributed by atoms with Crippen molar-refractivity contribution in [2.45, 2.75) is 6.54 Å². The molecule has 0 bridgehead atoms. The van der Waals surface area contributed by atoms with E-state index in [1.807, 2.05) is 12.1 Å². The second kappa shape index (κ2) is 6.33. The van der Waals surface area contributed by atoms with E-state index in [0.29, 0.717) is 12.3 Å². The quantitative estimate of drug-likeness (QED) is 0.672. The van der Waals surface area contributed by atoms with E-state index in [1.54, 1.807) is 42.7 Å². The van der Waals surface area contributed by atoms with Crippen molar-refractivity contribution in [1.82, 2.24) is 10.2 Å². The highest BCUT2D eigenvalue weighted by molar-refractivity contribution is 5.92. The summed E-state index contributed by atoms with van der Waals surface area (Å²) < 4.78 is 5.70. The summed E-state index contributed by atoms with van der Waals surface area (Å²) in [6, 6.07) is 12.2. The number of H-pyrrole nitrogens is 1. The Labute approximate surface area is 132 Å². The van der Waals surface area contributed by atoms with Crippen molar-refractivity contribution in [2.24, 2.45) is 5.73 Å². The Hall–Kier alpha value is -3.12. The van der Waals surface area contributed by atoms with Gasteiger partial charge in [-0.1, -0.05) is 18.2 Å². The van der Waals surface area contributed by atoms with Crippen LogP contribution < -0.4 is 10.5 Å². The van der Waals surface area contributed by atoms with Crippen LogP contribution in [0.4, 0.5) is 0 Å². The highest BCUT2D eigenvalue weighted by Crippen LogP contribution is 2.30. The van der Waals surface area contributed by atoms with Gasteiger partial charge in [0.2, 0.25) is 0 Å². The molecule has 0 aliphatic carbocycles. The van der Waals surface area contributed by atoms with Crippen LogP contribution in [0.1, 0.15) is 15.9 Å². The van der Waals surface area contributed by atoms with Crippen LogP contribution >= 0.6 is 0 Å². The van der Waals surface area contributed by atoms with E-state index in [9.17, 15) is 9.90 Å². The first-order valence-electron chi connectivity index (χ1n) is 7.01. The Morgan fingerprint density at radius 3 is 2.57 bits per heavy atom. The minimum atomic E-state index is -1.05. The predicted molar refractivity (Wildman–Crippen MR) is 85.4 cm³/mol. The first kappa shape index (κ1) is 14.8. The van der Waals surface area contributed by atoms with Crippen LogP contribution in [0.15, 0.2) is 54.9 Å². The molecule has 2 aromatic carbocycles. The molecule has 23 heavy (non-hydrogen) atoms. The zero-order valence-electron chi connectivity index (χ0n) is 12.2. The maximum absolute atomic E-state index is 11.5. The zero-order valence-corrected chi connectivity index (χ0v) is 12.2. The largest absolute Gasteiger partial charge is 0.478 e. The molecule has 0 unspecified atom stereocenters. The fourth-order valence-electron chi connectivity index (χ4n) is 2.19. The van der Waals surface area contributed by atoms with Crippen LogP contribution in [0.3, 0.4) is 0 Å². The monoisotopic (exact) mass is 309 g/mol. The molecule has 6 heteroatoms. The number of nitrogens with two attached hydrogens (primary N) is 1. The van der Waals surface area contributed by atoms with Gasteiger partial charge >= 0.3 is 5.97 Å². The van der Waals surface area contributed by atoms with E-state index in [-0.39, 0.29) is 11.3 Å². The van der Waals surface area contributed by atoms with Gasteiger partial charge in [0.25, 0.3) is 0 Å². The van der Waals surface area contributed by atoms with Gasteiger partial charge in [-0.15, -0.1) is 0 Å². The molecular formula is C17H15N3O3. The molecule has 6 nitrogen and oxygen atoms in total. The normalized spacial score (nSPS) is 10.5. The van der Waals surface area contributed by atoms with Gasteiger partial charge in [-0.05, 0) is 35.4 Å². The van der Waals surface area contributed by atoms with Crippen molar-refractivity contribution in [3.05, 3.63) is 66.0 Å². The smallest absolute Gasteiger partial charge is 0.339 e. The number of hydrogen-bond donors (Lipinski definition) is 3. The van der Waals surface area contributed by atoms with Gasteiger partial charge in [0.05, 0.1) is 6.20 Å². The van der Waals surface area contributed by atoms with E-state index >= 15 is 0 Å². The third-order valence-electron chi connectivity index (χ3n) is 3.43. The van der Waals surface area contributed by atoms with Crippen molar-refractivity contribution >= 4 is 5.97 Å². The molecule has 4 N–H and O–H groups in total. The summed E-state index contributed by atoms with van der Waals surface area (Å²) in [7, 11) is 0. The highest BCUT2D eigenvalue weighted by Gasteiger charge is 2.14. The molecule has 0 aliphatic rings. The van der Waals surface area contributed by atoms with E-state index < -0.39 is 5.97 Å². The van der Waals surface area contributed by atoms with E-state index in [4.69, 9.17) is 10.5 Å². The molecule has 3 rings (SSSR count). The molecule has 0 atom stereocenters. The third kappa shape index (κ3) is 3.22. The maximum atomic E-state index is 11.5. The van der Waals surface area contributed by atoms with Crippen LogP contribution in [0, 0.1) is 0 Å². The van der Waals surface area contributed by atoms with Crippen molar-refractivity contribution in [3.63, 3.8) is 0 Å². The van der Waals surface area contributed by atoms with E-state index in [0.717, 1.165) is 16.7 Å². The molecule has 1 aromatic heterocycles. The molecular weight excluding hydrogens is 294 g/mol. The molecule has 0 radical (unpaired) electrons. The SMILES string of the molecule is NCc1ccc(Oc2ccc(-c3cn[nH]c3)cc2C(=O)O)cc1. The van der Waals surface area contributed by atoms with Crippen molar-refractivity contribution in [1.29, 1.82) is 0 Å². The second-order valence-corrected chi connectivity index (χ2v) is 4.95. The Balaban J connectivity index is 1.93. The van der Waals surface area contributed by atoms with Crippen LogP contribution in [0.25, 0.3) is 11.1 Å². The van der Waals surface area contributed by atoms with E-state index in [2.05, 4.69) is 10.2 Å². The first-order chi connectivity index (χ1) is 11.2. The second-order valence-electron chi connectivity index (χ2n) is 4.95. The molecule has 0 saturated carbocycles. The Kier molecular flexibility index (Phi) is 4.07. The lowest BCUT2D eigenvalue weighted by Gasteiger charge is -2.10. The van der Waals surface area contributed by atoms with Crippen LogP contribution in [-0.4, -0.2) is 21.3 Å². The van der Waals surface area contributed by atoms with Gasteiger partial charge < -0.3 is 15.6 Å². The molecule has 0 spiro atoms. The lowest BCUT2D eigenvalue weighted by atomic mass is 10.1. The van der Waals surface area contributed by atoms with Gasteiger partial charge in [-0.25, -0.2) is 4.79 Å². The summed E-state index contributed by atoms with van der Waals surface area (Å²) in [5.41, 5.74) is 8.18. The lowest BCUT2D eigenvalue weighted by Crippen LogP contribution is -2.01. The number of aromatic nitrogens is 2. The summed E-state index contributed by atoms with van der Waals surface area (Å²) in [5, 5.41) is 16.0. The Morgan fingerprint density at radius 1 is 1.17 bits per heavy atom. The van der Waals surface area contributed by atoms with Gasteiger partial charge in [-0.2, -0.15) is 5.10 Å². The standard InChI is InChI=1S/C17H15N3O3/c18-8-11-1-4-14(5-2-11)23-16-6-3-12(7-15(16)17(21)22)13-9-19-20-10-13/h1-7,9-10H,8,18H2,(H,19,20)(H,21,22). The molecule has 0 saturated heterocycles. The molecule has 0 fully saturated rings. The number of ether oxygens (including phenoxy) is 1. The highest BCUT2D eigenvalue weighted by atomic mass is 16.5. The number of rotatable bonds is 5. The van der Waals surface area contributed by atoms with Crippen molar-refractivity contribution in [2.75, 3.05) is 0 Å².